The van der Waals surface area contributed by atoms with Crippen molar-refractivity contribution < 1.29 is 13.6 Å². The number of nitrogens with zero attached hydrogens (tertiary/aromatic N) is 2. The average molecular weight is 392 g/mol. The van der Waals surface area contributed by atoms with E-state index in [2.05, 4.69) is 15.5 Å². The number of aromatic nitrogens is 2. The van der Waals surface area contributed by atoms with Gasteiger partial charge in [0.25, 0.3) is 11.1 Å². The van der Waals surface area contributed by atoms with Gasteiger partial charge in [0.05, 0.1) is 17.4 Å². The minimum Gasteiger partial charge on any atom is -0.411 e. The monoisotopic (exact) mass is 391 g/mol. The number of carbonyl (C=O) groups is 1. The van der Waals surface area contributed by atoms with Crippen molar-refractivity contribution in [1.29, 1.82) is 0 Å². The fraction of sp³-hybridized carbons (Fsp3) is 0.167. The number of rotatable bonds is 6. The standard InChI is InChI=1S/C18H15ClFN3O2S/c1-11(12-5-4-6-13(19)9-12)21-16(24)10-26-18-23-22-17(25-18)14-7-2-3-8-15(14)20/h2-9,11H,10H2,1H3,(H,21,24)/t11-/m1/s1. The van der Waals surface area contributed by atoms with Crippen LogP contribution in [-0.2, 0) is 4.79 Å². The summed E-state index contributed by atoms with van der Waals surface area (Å²) in [5.74, 6) is -0.448. The average Bonchev–Trinajstić information content (AvgIpc) is 3.09. The molecule has 0 unspecified atom stereocenters. The van der Waals surface area contributed by atoms with Crippen LogP contribution in [0.15, 0.2) is 58.2 Å². The second-order valence-corrected chi connectivity index (χ2v) is 6.85. The molecule has 134 valence electrons. The number of benzene rings is 2. The number of halogens is 2. The molecule has 0 spiro atoms. The molecule has 3 rings (SSSR count). The maximum Gasteiger partial charge on any atom is 0.277 e. The third-order valence-corrected chi connectivity index (χ3v) is 4.62. The summed E-state index contributed by atoms with van der Waals surface area (Å²) in [4.78, 5) is 12.1. The number of hydrogen-bond acceptors (Lipinski definition) is 5. The fourth-order valence-corrected chi connectivity index (χ4v) is 3.05. The van der Waals surface area contributed by atoms with E-state index in [9.17, 15) is 9.18 Å². The van der Waals surface area contributed by atoms with Crippen LogP contribution < -0.4 is 5.32 Å². The lowest BCUT2D eigenvalue weighted by Crippen LogP contribution is -2.28. The maximum atomic E-state index is 13.7. The predicted molar refractivity (Wildman–Crippen MR) is 98.4 cm³/mol. The van der Waals surface area contributed by atoms with Gasteiger partial charge in [-0.1, -0.05) is 47.6 Å². The summed E-state index contributed by atoms with van der Waals surface area (Å²) in [6, 6.07) is 13.2. The van der Waals surface area contributed by atoms with Gasteiger partial charge < -0.3 is 9.73 Å². The summed E-state index contributed by atoms with van der Waals surface area (Å²) < 4.78 is 19.1. The van der Waals surface area contributed by atoms with Gasteiger partial charge in [0.2, 0.25) is 5.91 Å². The molecule has 26 heavy (non-hydrogen) atoms. The van der Waals surface area contributed by atoms with Gasteiger partial charge >= 0.3 is 0 Å². The number of amides is 1. The third kappa shape index (κ3) is 4.62. The van der Waals surface area contributed by atoms with Crippen molar-refractivity contribution in [2.45, 2.75) is 18.2 Å². The molecule has 1 N–H and O–H groups in total. The van der Waals surface area contributed by atoms with Crippen LogP contribution in [0.2, 0.25) is 5.02 Å². The normalized spacial score (nSPS) is 12.0. The molecule has 0 fully saturated rings. The molecule has 2 aromatic carbocycles. The highest BCUT2D eigenvalue weighted by Gasteiger charge is 2.15. The summed E-state index contributed by atoms with van der Waals surface area (Å²) >= 11 is 7.05. The first-order chi connectivity index (χ1) is 12.5. The number of hydrogen-bond donors (Lipinski definition) is 1. The second kappa shape index (κ2) is 8.33. The first-order valence-corrected chi connectivity index (χ1v) is 9.15. The van der Waals surface area contributed by atoms with Gasteiger partial charge in [0.1, 0.15) is 5.82 Å². The largest absolute Gasteiger partial charge is 0.411 e. The van der Waals surface area contributed by atoms with E-state index in [4.69, 9.17) is 16.0 Å². The topological polar surface area (TPSA) is 68.0 Å². The molecule has 1 atom stereocenters. The van der Waals surface area contributed by atoms with Crippen LogP contribution in [0.4, 0.5) is 4.39 Å². The Morgan fingerprint density at radius 3 is 2.85 bits per heavy atom. The van der Waals surface area contributed by atoms with Crippen molar-refractivity contribution >= 4 is 29.3 Å². The lowest BCUT2D eigenvalue weighted by atomic mass is 10.1. The van der Waals surface area contributed by atoms with E-state index in [1.54, 1.807) is 30.3 Å². The van der Waals surface area contributed by atoms with E-state index in [-0.39, 0.29) is 34.4 Å². The minimum absolute atomic E-state index is 0.0818. The van der Waals surface area contributed by atoms with E-state index in [0.717, 1.165) is 17.3 Å². The van der Waals surface area contributed by atoms with Gasteiger partial charge in [0, 0.05) is 5.02 Å². The van der Waals surface area contributed by atoms with Crippen LogP contribution >= 0.6 is 23.4 Å². The van der Waals surface area contributed by atoms with E-state index in [1.807, 2.05) is 19.1 Å². The summed E-state index contributed by atoms with van der Waals surface area (Å²) in [7, 11) is 0. The number of nitrogens with one attached hydrogen (secondary N) is 1. The molecule has 0 aliphatic carbocycles. The van der Waals surface area contributed by atoms with Crippen molar-refractivity contribution in [3.05, 3.63) is 64.9 Å². The zero-order valence-electron chi connectivity index (χ0n) is 13.8. The van der Waals surface area contributed by atoms with E-state index in [0.29, 0.717) is 5.02 Å². The van der Waals surface area contributed by atoms with Crippen molar-refractivity contribution in [3.8, 4) is 11.5 Å². The van der Waals surface area contributed by atoms with Crippen molar-refractivity contribution in [3.63, 3.8) is 0 Å². The number of thioether (sulfide) groups is 1. The molecular weight excluding hydrogens is 377 g/mol. The van der Waals surface area contributed by atoms with Crippen LogP contribution in [0.1, 0.15) is 18.5 Å². The molecule has 0 bridgehead atoms. The minimum atomic E-state index is -0.444. The molecule has 3 aromatic rings. The molecule has 0 aliphatic rings. The maximum absolute atomic E-state index is 13.7. The summed E-state index contributed by atoms with van der Waals surface area (Å²) in [6.45, 7) is 1.87. The highest BCUT2D eigenvalue weighted by Crippen LogP contribution is 2.25. The molecule has 0 aliphatic heterocycles. The summed E-state index contributed by atoms with van der Waals surface area (Å²) in [6.07, 6.45) is 0. The Morgan fingerprint density at radius 1 is 1.27 bits per heavy atom. The van der Waals surface area contributed by atoms with Crippen LogP contribution in [0.5, 0.6) is 0 Å². The molecule has 0 saturated heterocycles. The Balaban J connectivity index is 1.56. The van der Waals surface area contributed by atoms with Gasteiger partial charge in [-0.15, -0.1) is 10.2 Å². The van der Waals surface area contributed by atoms with Crippen LogP contribution in [0.3, 0.4) is 0 Å². The smallest absolute Gasteiger partial charge is 0.277 e. The molecule has 1 heterocycles. The van der Waals surface area contributed by atoms with Gasteiger partial charge in [0.15, 0.2) is 0 Å². The summed E-state index contributed by atoms with van der Waals surface area (Å²) in [5.41, 5.74) is 1.14. The molecule has 0 radical (unpaired) electrons. The van der Waals surface area contributed by atoms with Gasteiger partial charge in [-0.2, -0.15) is 0 Å². The van der Waals surface area contributed by atoms with E-state index >= 15 is 0 Å². The number of carbonyl (C=O) groups excluding carboxylic acids is 1. The lowest BCUT2D eigenvalue weighted by Gasteiger charge is -2.14. The molecule has 1 aromatic heterocycles. The summed E-state index contributed by atoms with van der Waals surface area (Å²) in [5, 5.41) is 11.3. The Labute approximate surface area is 159 Å². The van der Waals surface area contributed by atoms with E-state index in [1.165, 1.54) is 6.07 Å². The SMILES string of the molecule is C[C@@H](NC(=O)CSc1nnc(-c2ccccc2F)o1)c1cccc(Cl)c1. The first kappa shape index (κ1) is 18.4. The second-order valence-electron chi connectivity index (χ2n) is 5.49. The molecular formula is C18H15ClFN3O2S. The van der Waals surface area contributed by atoms with Gasteiger partial charge in [-0.3, -0.25) is 4.79 Å². The highest BCUT2D eigenvalue weighted by molar-refractivity contribution is 7.99. The van der Waals surface area contributed by atoms with Gasteiger partial charge in [-0.25, -0.2) is 4.39 Å². The molecule has 8 heteroatoms. The molecule has 5 nitrogen and oxygen atoms in total. The fourth-order valence-electron chi connectivity index (χ4n) is 2.28. The van der Waals surface area contributed by atoms with E-state index < -0.39 is 5.82 Å². The highest BCUT2D eigenvalue weighted by atomic mass is 35.5. The quantitative estimate of drug-likeness (QED) is 0.626. The van der Waals surface area contributed by atoms with Crippen molar-refractivity contribution in [2.24, 2.45) is 0 Å². The predicted octanol–water partition coefficient (Wildman–Crippen LogP) is 4.50. The van der Waals surface area contributed by atoms with Crippen LogP contribution in [-0.4, -0.2) is 21.9 Å². The Morgan fingerprint density at radius 2 is 2.08 bits per heavy atom. The molecule has 1 amide bonds. The van der Waals surface area contributed by atoms with Crippen LogP contribution in [0, 0.1) is 5.82 Å². The third-order valence-electron chi connectivity index (χ3n) is 3.56. The van der Waals surface area contributed by atoms with Gasteiger partial charge in [-0.05, 0) is 36.8 Å². The Kier molecular flexibility index (Phi) is 5.90. The van der Waals surface area contributed by atoms with Crippen LogP contribution in [0.25, 0.3) is 11.5 Å². The first-order valence-electron chi connectivity index (χ1n) is 7.79. The Bertz CT molecular complexity index is 919. The zero-order chi connectivity index (χ0) is 18.5. The van der Waals surface area contributed by atoms with Crippen molar-refractivity contribution in [1.82, 2.24) is 15.5 Å². The zero-order valence-corrected chi connectivity index (χ0v) is 15.4. The lowest BCUT2D eigenvalue weighted by molar-refractivity contribution is -0.119. The Hall–Kier alpha value is -2.38. The molecule has 0 saturated carbocycles. The van der Waals surface area contributed by atoms with Crippen molar-refractivity contribution in [2.75, 3.05) is 5.75 Å².